The standard InChI is InChI=1S/C10H13N3O4S/c1-7-10(2-9(5-14)17-7)18(15,16)13-4-8-3-11-6-12-8/h2-3,6,13-14H,4-5H2,1H3,(H,11,12). The quantitative estimate of drug-likeness (QED) is 0.724. The van der Waals surface area contributed by atoms with Crippen molar-refractivity contribution in [2.45, 2.75) is 25.0 Å². The van der Waals surface area contributed by atoms with Crippen molar-refractivity contribution in [1.82, 2.24) is 14.7 Å². The highest BCUT2D eigenvalue weighted by Gasteiger charge is 2.21. The second-order valence-corrected chi connectivity index (χ2v) is 5.43. The van der Waals surface area contributed by atoms with Crippen LogP contribution < -0.4 is 4.72 Å². The van der Waals surface area contributed by atoms with Gasteiger partial charge in [0.2, 0.25) is 10.0 Å². The van der Waals surface area contributed by atoms with E-state index in [1.54, 1.807) is 0 Å². The number of nitrogens with one attached hydrogen (secondary N) is 2. The van der Waals surface area contributed by atoms with E-state index >= 15 is 0 Å². The van der Waals surface area contributed by atoms with Crippen LogP contribution in [0.5, 0.6) is 0 Å². The molecule has 0 aliphatic heterocycles. The molecule has 2 rings (SSSR count). The Morgan fingerprint density at radius 1 is 1.56 bits per heavy atom. The molecule has 2 heterocycles. The lowest BCUT2D eigenvalue weighted by atomic mass is 10.4. The molecule has 0 bridgehead atoms. The summed E-state index contributed by atoms with van der Waals surface area (Å²) in [5.41, 5.74) is 0.655. The number of rotatable bonds is 5. The third kappa shape index (κ3) is 2.61. The first-order valence-corrected chi connectivity index (χ1v) is 6.68. The number of aliphatic hydroxyl groups is 1. The Balaban J connectivity index is 2.17. The number of sulfonamides is 1. The zero-order valence-corrected chi connectivity index (χ0v) is 10.5. The second-order valence-electron chi connectivity index (χ2n) is 3.69. The molecule has 98 valence electrons. The molecule has 0 aliphatic rings. The van der Waals surface area contributed by atoms with E-state index < -0.39 is 10.0 Å². The van der Waals surface area contributed by atoms with E-state index in [4.69, 9.17) is 9.52 Å². The van der Waals surface area contributed by atoms with Crippen molar-refractivity contribution in [2.75, 3.05) is 0 Å². The van der Waals surface area contributed by atoms with Gasteiger partial charge in [-0.2, -0.15) is 0 Å². The summed E-state index contributed by atoms with van der Waals surface area (Å²) < 4.78 is 31.5. The Morgan fingerprint density at radius 2 is 2.33 bits per heavy atom. The summed E-state index contributed by atoms with van der Waals surface area (Å²) in [5.74, 6) is 0.463. The van der Waals surface area contributed by atoms with E-state index in [0.29, 0.717) is 5.69 Å². The fraction of sp³-hybridized carbons (Fsp3) is 0.300. The molecule has 0 saturated carbocycles. The minimum atomic E-state index is -3.66. The van der Waals surface area contributed by atoms with Gasteiger partial charge in [-0.3, -0.25) is 0 Å². The van der Waals surface area contributed by atoms with E-state index in [1.165, 1.54) is 25.5 Å². The minimum Gasteiger partial charge on any atom is -0.462 e. The zero-order valence-electron chi connectivity index (χ0n) is 9.67. The molecule has 0 spiro atoms. The van der Waals surface area contributed by atoms with Gasteiger partial charge in [0.25, 0.3) is 0 Å². The topological polar surface area (TPSA) is 108 Å². The van der Waals surface area contributed by atoms with Crippen molar-refractivity contribution >= 4 is 10.0 Å². The first-order valence-electron chi connectivity index (χ1n) is 5.20. The monoisotopic (exact) mass is 271 g/mol. The van der Waals surface area contributed by atoms with Gasteiger partial charge in [-0.05, 0) is 6.92 Å². The molecule has 3 N–H and O–H groups in total. The van der Waals surface area contributed by atoms with Crippen LogP contribution in [0.4, 0.5) is 0 Å². The molecule has 18 heavy (non-hydrogen) atoms. The summed E-state index contributed by atoms with van der Waals surface area (Å²) in [6.45, 7) is 1.31. The first kappa shape index (κ1) is 12.8. The highest BCUT2D eigenvalue weighted by molar-refractivity contribution is 7.89. The van der Waals surface area contributed by atoms with Gasteiger partial charge < -0.3 is 14.5 Å². The number of H-pyrrole nitrogens is 1. The summed E-state index contributed by atoms with van der Waals surface area (Å²) in [4.78, 5) is 6.61. The number of hydrogen-bond acceptors (Lipinski definition) is 5. The number of aromatic nitrogens is 2. The molecular formula is C10H13N3O4S. The molecule has 0 amide bonds. The van der Waals surface area contributed by atoms with Crippen LogP contribution in [0.2, 0.25) is 0 Å². The average Bonchev–Trinajstić information content (AvgIpc) is 2.95. The van der Waals surface area contributed by atoms with Gasteiger partial charge in [0, 0.05) is 18.0 Å². The maximum absolute atomic E-state index is 12.0. The maximum atomic E-state index is 12.0. The number of nitrogens with zero attached hydrogens (tertiary/aromatic N) is 1. The smallest absolute Gasteiger partial charge is 0.244 e. The molecule has 0 fully saturated rings. The molecule has 0 atom stereocenters. The molecule has 0 saturated heterocycles. The molecular weight excluding hydrogens is 258 g/mol. The van der Waals surface area contributed by atoms with Gasteiger partial charge in [-0.1, -0.05) is 0 Å². The van der Waals surface area contributed by atoms with Crippen LogP contribution in [-0.2, 0) is 23.2 Å². The number of imidazole rings is 1. The Bertz CT molecular complexity index is 616. The van der Waals surface area contributed by atoms with Crippen molar-refractivity contribution in [3.05, 3.63) is 35.8 Å². The molecule has 0 radical (unpaired) electrons. The number of hydrogen-bond donors (Lipinski definition) is 3. The van der Waals surface area contributed by atoms with Crippen LogP contribution in [0.3, 0.4) is 0 Å². The van der Waals surface area contributed by atoms with Crippen LogP contribution in [0.25, 0.3) is 0 Å². The highest BCUT2D eigenvalue weighted by atomic mass is 32.2. The third-order valence-corrected chi connectivity index (χ3v) is 3.88. The summed E-state index contributed by atoms with van der Waals surface area (Å²) in [5, 5.41) is 8.90. The molecule has 8 heteroatoms. The fourth-order valence-electron chi connectivity index (χ4n) is 1.50. The third-order valence-electron chi connectivity index (χ3n) is 2.38. The lowest BCUT2D eigenvalue weighted by Crippen LogP contribution is -2.23. The van der Waals surface area contributed by atoms with Gasteiger partial charge >= 0.3 is 0 Å². The Hall–Kier alpha value is -1.64. The first-order chi connectivity index (χ1) is 8.53. The van der Waals surface area contributed by atoms with Crippen LogP contribution in [0.15, 0.2) is 27.9 Å². The van der Waals surface area contributed by atoms with Crippen LogP contribution in [0.1, 0.15) is 17.2 Å². The molecule has 2 aromatic rings. The summed E-state index contributed by atoms with van der Waals surface area (Å²) >= 11 is 0. The Morgan fingerprint density at radius 3 is 2.89 bits per heavy atom. The van der Waals surface area contributed by atoms with Crippen LogP contribution >= 0.6 is 0 Å². The van der Waals surface area contributed by atoms with E-state index in [-0.39, 0.29) is 29.6 Å². The van der Waals surface area contributed by atoms with Crippen LogP contribution in [-0.4, -0.2) is 23.5 Å². The predicted molar refractivity (Wildman–Crippen MR) is 62.0 cm³/mol. The lowest BCUT2D eigenvalue weighted by Gasteiger charge is -2.03. The van der Waals surface area contributed by atoms with Crippen molar-refractivity contribution < 1.29 is 17.9 Å². The van der Waals surface area contributed by atoms with Gasteiger partial charge in [-0.15, -0.1) is 0 Å². The normalized spacial score (nSPS) is 11.9. The Labute approximate surface area is 104 Å². The number of aryl methyl sites for hydroxylation is 1. The second kappa shape index (κ2) is 4.92. The maximum Gasteiger partial charge on any atom is 0.244 e. The predicted octanol–water partition coefficient (Wildman–Crippen LogP) is 0.282. The van der Waals surface area contributed by atoms with E-state index in [0.717, 1.165) is 0 Å². The van der Waals surface area contributed by atoms with Crippen molar-refractivity contribution in [3.8, 4) is 0 Å². The fourth-order valence-corrected chi connectivity index (χ4v) is 2.71. The molecule has 0 unspecified atom stereocenters. The highest BCUT2D eigenvalue weighted by Crippen LogP contribution is 2.19. The molecule has 0 aromatic carbocycles. The SMILES string of the molecule is Cc1oc(CO)cc1S(=O)(=O)NCc1cnc[nH]1. The molecule has 0 aliphatic carbocycles. The van der Waals surface area contributed by atoms with Gasteiger partial charge in [0.05, 0.1) is 12.9 Å². The van der Waals surface area contributed by atoms with Crippen molar-refractivity contribution in [1.29, 1.82) is 0 Å². The summed E-state index contributed by atoms with van der Waals surface area (Å²) in [6.07, 6.45) is 3.00. The zero-order chi connectivity index (χ0) is 13.2. The van der Waals surface area contributed by atoms with Gasteiger partial charge in [-0.25, -0.2) is 18.1 Å². The summed E-state index contributed by atoms with van der Waals surface area (Å²) in [6, 6.07) is 1.31. The van der Waals surface area contributed by atoms with Gasteiger partial charge in [0.15, 0.2) is 0 Å². The number of aromatic amines is 1. The average molecular weight is 271 g/mol. The molecule has 7 nitrogen and oxygen atoms in total. The number of aliphatic hydroxyl groups excluding tert-OH is 1. The van der Waals surface area contributed by atoms with Gasteiger partial charge in [0.1, 0.15) is 23.0 Å². The summed E-state index contributed by atoms with van der Waals surface area (Å²) in [7, 11) is -3.66. The minimum absolute atomic E-state index is 0.0334. The van der Waals surface area contributed by atoms with E-state index in [9.17, 15) is 8.42 Å². The molecule has 2 aromatic heterocycles. The number of furan rings is 1. The Kier molecular flexibility index (Phi) is 3.50. The van der Waals surface area contributed by atoms with Crippen molar-refractivity contribution in [3.63, 3.8) is 0 Å². The van der Waals surface area contributed by atoms with E-state index in [2.05, 4.69) is 14.7 Å². The van der Waals surface area contributed by atoms with E-state index in [1.807, 2.05) is 0 Å². The van der Waals surface area contributed by atoms with Crippen molar-refractivity contribution in [2.24, 2.45) is 0 Å². The lowest BCUT2D eigenvalue weighted by molar-refractivity contribution is 0.244. The largest absolute Gasteiger partial charge is 0.462 e. The van der Waals surface area contributed by atoms with Crippen LogP contribution in [0, 0.1) is 6.92 Å².